The monoisotopic (exact) mass is 489 g/mol. The van der Waals surface area contributed by atoms with Crippen molar-refractivity contribution in [2.75, 3.05) is 26.3 Å². The summed E-state index contributed by atoms with van der Waals surface area (Å²) in [5.74, 6) is -0.516. The molecule has 4 amide bonds. The molecule has 11 nitrogen and oxygen atoms in total. The molecular formula is C25H23N5O6. The van der Waals surface area contributed by atoms with Gasteiger partial charge in [0.1, 0.15) is 12.2 Å². The first-order valence-electron chi connectivity index (χ1n) is 11.4. The molecule has 0 spiro atoms. The summed E-state index contributed by atoms with van der Waals surface area (Å²) in [7, 11) is 0. The maximum Gasteiger partial charge on any atom is 0.329 e. The van der Waals surface area contributed by atoms with Crippen LogP contribution in [-0.4, -0.2) is 63.4 Å². The van der Waals surface area contributed by atoms with E-state index in [0.717, 1.165) is 15.8 Å². The molecule has 5 rings (SSSR count). The van der Waals surface area contributed by atoms with E-state index in [1.807, 2.05) is 28.8 Å². The van der Waals surface area contributed by atoms with Gasteiger partial charge in [-0.1, -0.05) is 30.3 Å². The van der Waals surface area contributed by atoms with Crippen molar-refractivity contribution in [2.45, 2.75) is 13.1 Å². The van der Waals surface area contributed by atoms with Gasteiger partial charge < -0.3 is 19.5 Å². The van der Waals surface area contributed by atoms with Crippen LogP contribution in [0.2, 0.25) is 0 Å². The third-order valence-corrected chi connectivity index (χ3v) is 6.24. The van der Waals surface area contributed by atoms with E-state index in [-0.39, 0.29) is 30.4 Å². The minimum atomic E-state index is -0.573. The molecule has 3 aromatic rings. The van der Waals surface area contributed by atoms with Crippen molar-refractivity contribution in [1.29, 1.82) is 0 Å². The fraction of sp³-hybridized carbons (Fsp3) is 0.240. The number of rotatable bonds is 6. The number of carbonyl (C=O) groups excluding carboxylic acids is 3. The highest BCUT2D eigenvalue weighted by molar-refractivity contribution is 6.14. The van der Waals surface area contributed by atoms with Crippen LogP contribution in [0.15, 0.2) is 60.4 Å². The van der Waals surface area contributed by atoms with Gasteiger partial charge >= 0.3 is 6.03 Å². The summed E-state index contributed by atoms with van der Waals surface area (Å²) in [5.41, 5.74) is 2.17. The Balaban J connectivity index is 1.38. The molecule has 36 heavy (non-hydrogen) atoms. The number of urea groups is 1. The summed E-state index contributed by atoms with van der Waals surface area (Å²) in [6.07, 6.45) is 3.41. The minimum absolute atomic E-state index is 0.0159. The third-order valence-electron chi connectivity index (χ3n) is 6.24. The van der Waals surface area contributed by atoms with Crippen molar-refractivity contribution in [3.05, 3.63) is 81.7 Å². The molecule has 0 atom stereocenters. The van der Waals surface area contributed by atoms with Crippen molar-refractivity contribution < 1.29 is 24.0 Å². The highest BCUT2D eigenvalue weighted by Crippen LogP contribution is 2.26. The number of para-hydroxylation sites is 1. The van der Waals surface area contributed by atoms with Crippen molar-refractivity contribution in [1.82, 2.24) is 19.7 Å². The highest BCUT2D eigenvalue weighted by Gasteiger charge is 2.34. The van der Waals surface area contributed by atoms with E-state index >= 15 is 0 Å². The van der Waals surface area contributed by atoms with Gasteiger partial charge in [0.15, 0.2) is 0 Å². The molecule has 2 aliphatic rings. The number of nitrogens with one attached hydrogen (secondary N) is 1. The Morgan fingerprint density at radius 3 is 2.53 bits per heavy atom. The number of aromatic nitrogens is 1. The number of morpholine rings is 1. The predicted molar refractivity (Wildman–Crippen MR) is 129 cm³/mol. The van der Waals surface area contributed by atoms with Gasteiger partial charge in [-0.3, -0.25) is 24.6 Å². The van der Waals surface area contributed by atoms with Crippen LogP contribution in [0.5, 0.6) is 0 Å². The first-order chi connectivity index (χ1) is 17.4. The molecule has 2 saturated heterocycles. The number of ether oxygens (including phenoxy) is 1. The quantitative estimate of drug-likeness (QED) is 0.245. The largest absolute Gasteiger partial charge is 0.378 e. The number of nitro groups is 1. The van der Waals surface area contributed by atoms with E-state index in [9.17, 15) is 24.5 Å². The van der Waals surface area contributed by atoms with Crippen LogP contribution < -0.4 is 5.32 Å². The number of benzene rings is 2. The van der Waals surface area contributed by atoms with Crippen molar-refractivity contribution in [2.24, 2.45) is 0 Å². The molecule has 0 saturated carbocycles. The lowest BCUT2D eigenvalue weighted by Crippen LogP contribution is -2.42. The topological polar surface area (TPSA) is 127 Å². The predicted octanol–water partition coefficient (Wildman–Crippen LogP) is 2.50. The Kier molecular flexibility index (Phi) is 6.21. The Bertz CT molecular complexity index is 1390. The molecule has 0 radical (unpaired) electrons. The number of amides is 4. The number of nitro benzene ring substituents is 1. The Morgan fingerprint density at radius 2 is 1.81 bits per heavy atom. The van der Waals surface area contributed by atoms with E-state index in [1.54, 1.807) is 17.2 Å². The van der Waals surface area contributed by atoms with E-state index < -0.39 is 16.9 Å². The first kappa shape index (κ1) is 23.2. The van der Waals surface area contributed by atoms with Crippen LogP contribution in [0.3, 0.4) is 0 Å². The first-order valence-corrected chi connectivity index (χ1v) is 11.4. The Hall–Kier alpha value is -4.51. The second-order valence-electron chi connectivity index (χ2n) is 8.53. The smallest absolute Gasteiger partial charge is 0.329 e. The van der Waals surface area contributed by atoms with Gasteiger partial charge in [-0.15, -0.1) is 0 Å². The van der Waals surface area contributed by atoms with E-state index in [4.69, 9.17) is 4.74 Å². The summed E-state index contributed by atoms with van der Waals surface area (Å²) in [6, 6.07) is 12.7. The summed E-state index contributed by atoms with van der Waals surface area (Å²) in [4.78, 5) is 51.5. The summed E-state index contributed by atoms with van der Waals surface area (Å²) in [5, 5.41) is 14.3. The second kappa shape index (κ2) is 9.62. The average Bonchev–Trinajstić information content (AvgIpc) is 3.36. The zero-order valence-corrected chi connectivity index (χ0v) is 19.3. The minimum Gasteiger partial charge on any atom is -0.378 e. The molecule has 2 aromatic carbocycles. The molecule has 11 heteroatoms. The molecule has 2 aliphatic heterocycles. The van der Waals surface area contributed by atoms with Crippen molar-refractivity contribution in [3.63, 3.8) is 0 Å². The van der Waals surface area contributed by atoms with Gasteiger partial charge in [0.25, 0.3) is 11.6 Å². The maximum atomic E-state index is 13.0. The van der Waals surface area contributed by atoms with Gasteiger partial charge in [-0.2, -0.15) is 0 Å². The van der Waals surface area contributed by atoms with Gasteiger partial charge in [0, 0.05) is 47.9 Å². The van der Waals surface area contributed by atoms with Crippen LogP contribution in [0.4, 0.5) is 10.5 Å². The Labute approximate surface area is 205 Å². The number of non-ortho nitro benzene ring substituents is 1. The molecule has 0 unspecified atom stereocenters. The van der Waals surface area contributed by atoms with Crippen molar-refractivity contribution in [3.8, 4) is 0 Å². The zero-order chi connectivity index (χ0) is 25.2. The third kappa shape index (κ3) is 4.56. The lowest BCUT2D eigenvalue weighted by molar-refractivity contribution is -0.384. The molecular weight excluding hydrogens is 466 g/mol. The van der Waals surface area contributed by atoms with E-state index in [1.165, 1.54) is 24.3 Å². The Morgan fingerprint density at radius 1 is 1.08 bits per heavy atom. The van der Waals surface area contributed by atoms with E-state index in [2.05, 4.69) is 5.32 Å². The van der Waals surface area contributed by atoms with Crippen LogP contribution in [0.25, 0.3) is 17.0 Å². The van der Waals surface area contributed by atoms with Crippen LogP contribution >= 0.6 is 0 Å². The molecule has 184 valence electrons. The van der Waals surface area contributed by atoms with E-state index in [0.29, 0.717) is 37.4 Å². The van der Waals surface area contributed by atoms with Crippen molar-refractivity contribution >= 4 is 40.5 Å². The lowest BCUT2D eigenvalue weighted by atomic mass is 10.1. The van der Waals surface area contributed by atoms with Gasteiger partial charge in [-0.05, 0) is 17.7 Å². The maximum absolute atomic E-state index is 13.0. The SMILES string of the molecule is O=C(Cn1cc(/C=C2\NC(=O)N(Cc3ccc([N+](=O)[O-])cc3)C2=O)c2ccccc21)N1CCOCC1. The molecule has 0 aliphatic carbocycles. The van der Waals surface area contributed by atoms with Crippen LogP contribution in [0.1, 0.15) is 11.1 Å². The molecule has 1 N–H and O–H groups in total. The summed E-state index contributed by atoms with van der Waals surface area (Å²) < 4.78 is 7.17. The number of imide groups is 1. The molecule has 2 fully saturated rings. The fourth-order valence-electron chi connectivity index (χ4n) is 4.36. The number of hydrogen-bond donors (Lipinski definition) is 1. The number of nitrogens with zero attached hydrogens (tertiary/aromatic N) is 4. The fourth-order valence-corrected chi connectivity index (χ4v) is 4.36. The second-order valence-corrected chi connectivity index (χ2v) is 8.53. The standard InChI is InChI=1S/C25H23N5O6/c31-23(27-9-11-36-12-10-27)16-28-15-18(20-3-1-2-4-22(20)28)13-21-24(32)29(25(33)26-21)14-17-5-7-19(8-6-17)30(34)35/h1-8,13,15H,9-12,14,16H2,(H,26,33)/b21-13-. The lowest BCUT2D eigenvalue weighted by Gasteiger charge is -2.27. The molecule has 0 bridgehead atoms. The molecule has 1 aromatic heterocycles. The molecule has 3 heterocycles. The van der Waals surface area contributed by atoms with Gasteiger partial charge in [-0.25, -0.2) is 4.79 Å². The summed E-state index contributed by atoms with van der Waals surface area (Å²) >= 11 is 0. The normalized spacial score (nSPS) is 17.2. The van der Waals surface area contributed by atoms with Crippen LogP contribution in [-0.2, 0) is 27.4 Å². The van der Waals surface area contributed by atoms with Crippen LogP contribution in [0, 0.1) is 10.1 Å². The number of hydrogen-bond acceptors (Lipinski definition) is 6. The van der Waals surface area contributed by atoms with Gasteiger partial charge in [0.2, 0.25) is 5.91 Å². The average molecular weight is 489 g/mol. The van der Waals surface area contributed by atoms with Gasteiger partial charge in [0.05, 0.1) is 24.7 Å². The number of fused-ring (bicyclic) bond motifs is 1. The summed E-state index contributed by atoms with van der Waals surface area (Å²) in [6.45, 7) is 2.29. The number of carbonyl (C=O) groups is 3. The highest BCUT2D eigenvalue weighted by atomic mass is 16.6. The zero-order valence-electron chi connectivity index (χ0n) is 19.3.